The third kappa shape index (κ3) is 5.57. The van der Waals surface area contributed by atoms with Crippen molar-refractivity contribution >= 4 is 11.2 Å². The zero-order valence-electron chi connectivity index (χ0n) is 23.0. The van der Waals surface area contributed by atoms with E-state index in [1.807, 2.05) is 44.2 Å². The summed E-state index contributed by atoms with van der Waals surface area (Å²) < 4.78 is 35.7. The highest BCUT2D eigenvalue weighted by molar-refractivity contribution is 5.78. The fourth-order valence-corrected chi connectivity index (χ4v) is 5.07. The average Bonchev–Trinajstić information content (AvgIpc) is 3.31. The van der Waals surface area contributed by atoms with Crippen LogP contribution in [0.4, 0.5) is 4.39 Å². The lowest BCUT2D eigenvalue weighted by Crippen LogP contribution is -2.41. The number of halogens is 1. The first-order valence-corrected chi connectivity index (χ1v) is 13.6. The molecule has 4 aromatic rings. The van der Waals surface area contributed by atoms with Gasteiger partial charge in [-0.05, 0) is 51.2 Å². The maximum absolute atomic E-state index is 14.4. The summed E-state index contributed by atoms with van der Waals surface area (Å²) in [4.78, 5) is 36.5. The predicted molar refractivity (Wildman–Crippen MR) is 148 cm³/mol. The van der Waals surface area contributed by atoms with Gasteiger partial charge in [0.05, 0.1) is 25.5 Å². The first-order chi connectivity index (χ1) is 19.4. The minimum atomic E-state index is -0.574. The molecule has 1 aromatic carbocycles. The third-order valence-corrected chi connectivity index (χ3v) is 6.98. The zero-order chi connectivity index (χ0) is 28.2. The summed E-state index contributed by atoms with van der Waals surface area (Å²) in [5.74, 6) is -0.134. The van der Waals surface area contributed by atoms with Gasteiger partial charge >= 0.3 is 5.69 Å². The normalized spacial score (nSPS) is 15.7. The standard InChI is InChI=1S/C29H34FN5O5/c1-19(2)35-26-24(28(36)33(29(35)37)13-9-15-40-23-12-7-8-14-39-23)34(18-20-10-5-4-6-11-20)25(32-26)22-16-21(30)17-31-27(22)38-3/h4-6,10-11,16-17,19,23H,7-9,12-15,18H2,1-3H3. The first-order valence-electron chi connectivity index (χ1n) is 13.6. The summed E-state index contributed by atoms with van der Waals surface area (Å²) in [6.45, 7) is 5.19. The smallest absolute Gasteiger partial charge is 0.332 e. The van der Waals surface area contributed by atoms with E-state index in [2.05, 4.69) is 4.98 Å². The van der Waals surface area contributed by atoms with Crippen molar-refractivity contribution in [2.75, 3.05) is 20.3 Å². The van der Waals surface area contributed by atoms with Crippen LogP contribution in [0.5, 0.6) is 5.88 Å². The van der Waals surface area contributed by atoms with Crippen molar-refractivity contribution in [3.05, 3.63) is 74.8 Å². The van der Waals surface area contributed by atoms with Gasteiger partial charge < -0.3 is 18.8 Å². The van der Waals surface area contributed by atoms with E-state index in [1.165, 1.54) is 22.3 Å². The van der Waals surface area contributed by atoms with Crippen LogP contribution >= 0.6 is 0 Å². The molecule has 0 spiro atoms. The number of aromatic nitrogens is 5. The van der Waals surface area contributed by atoms with Crippen LogP contribution in [0.15, 0.2) is 52.2 Å². The number of pyridine rings is 1. The number of methoxy groups -OCH3 is 1. The van der Waals surface area contributed by atoms with Crippen molar-refractivity contribution in [1.82, 2.24) is 23.7 Å². The van der Waals surface area contributed by atoms with Gasteiger partial charge in [-0.25, -0.2) is 19.2 Å². The molecule has 4 heterocycles. The molecule has 0 aliphatic carbocycles. The molecule has 5 rings (SSSR count). The van der Waals surface area contributed by atoms with E-state index in [4.69, 9.17) is 19.2 Å². The summed E-state index contributed by atoms with van der Waals surface area (Å²) in [6, 6.07) is 10.5. The molecular formula is C29H34FN5O5. The molecule has 1 saturated heterocycles. The van der Waals surface area contributed by atoms with Crippen LogP contribution in [0.3, 0.4) is 0 Å². The van der Waals surface area contributed by atoms with Crippen molar-refractivity contribution in [2.24, 2.45) is 0 Å². The van der Waals surface area contributed by atoms with E-state index in [0.717, 1.165) is 31.0 Å². The average molecular weight is 552 g/mol. The Hall–Kier alpha value is -3.83. The first kappa shape index (κ1) is 27.7. The Balaban J connectivity index is 1.65. The predicted octanol–water partition coefficient (Wildman–Crippen LogP) is 4.13. The van der Waals surface area contributed by atoms with Crippen molar-refractivity contribution < 1.29 is 18.6 Å². The van der Waals surface area contributed by atoms with Gasteiger partial charge in [-0.3, -0.25) is 13.9 Å². The van der Waals surface area contributed by atoms with E-state index in [1.54, 1.807) is 4.57 Å². The van der Waals surface area contributed by atoms with Crippen LogP contribution in [-0.4, -0.2) is 50.3 Å². The Kier molecular flexibility index (Phi) is 8.41. The molecule has 1 fully saturated rings. The lowest BCUT2D eigenvalue weighted by Gasteiger charge is -2.22. The molecule has 1 unspecified atom stereocenters. The molecule has 0 bridgehead atoms. The summed E-state index contributed by atoms with van der Waals surface area (Å²) in [6.07, 6.45) is 4.19. The molecular weight excluding hydrogens is 517 g/mol. The summed E-state index contributed by atoms with van der Waals surface area (Å²) >= 11 is 0. The largest absolute Gasteiger partial charge is 0.480 e. The SMILES string of the molecule is COc1ncc(F)cc1-c1nc2c(c(=O)n(CCCOC3CCCCO3)c(=O)n2C(C)C)n1Cc1ccccc1. The van der Waals surface area contributed by atoms with Gasteiger partial charge in [0.15, 0.2) is 17.5 Å². The second kappa shape index (κ2) is 12.1. The molecule has 212 valence electrons. The molecule has 0 amide bonds. The van der Waals surface area contributed by atoms with E-state index < -0.39 is 17.1 Å². The van der Waals surface area contributed by atoms with Crippen LogP contribution in [0, 0.1) is 5.82 Å². The lowest BCUT2D eigenvalue weighted by molar-refractivity contribution is -0.163. The number of benzene rings is 1. The Morgan fingerprint density at radius 1 is 1.15 bits per heavy atom. The maximum Gasteiger partial charge on any atom is 0.332 e. The number of imidazole rings is 1. The molecule has 0 N–H and O–H groups in total. The zero-order valence-corrected chi connectivity index (χ0v) is 23.0. The number of hydrogen-bond donors (Lipinski definition) is 0. The highest BCUT2D eigenvalue weighted by atomic mass is 19.1. The third-order valence-electron chi connectivity index (χ3n) is 6.98. The second-order valence-corrected chi connectivity index (χ2v) is 10.1. The Morgan fingerprint density at radius 2 is 1.95 bits per heavy atom. The quantitative estimate of drug-likeness (QED) is 0.273. The summed E-state index contributed by atoms with van der Waals surface area (Å²) in [5.41, 5.74) is 0.732. The maximum atomic E-state index is 14.4. The van der Waals surface area contributed by atoms with E-state index >= 15 is 0 Å². The molecule has 40 heavy (non-hydrogen) atoms. The molecule has 1 aliphatic rings. The summed E-state index contributed by atoms with van der Waals surface area (Å²) in [7, 11) is 1.44. The number of fused-ring (bicyclic) bond motifs is 1. The van der Waals surface area contributed by atoms with Crippen LogP contribution in [0.2, 0.25) is 0 Å². The molecule has 0 saturated carbocycles. The topological polar surface area (TPSA) is 102 Å². The minimum absolute atomic E-state index is 0.159. The lowest BCUT2D eigenvalue weighted by atomic mass is 10.2. The van der Waals surface area contributed by atoms with E-state index in [-0.39, 0.29) is 53.9 Å². The van der Waals surface area contributed by atoms with Crippen LogP contribution in [0.25, 0.3) is 22.6 Å². The molecule has 11 heteroatoms. The van der Waals surface area contributed by atoms with E-state index in [9.17, 15) is 14.0 Å². The molecule has 0 radical (unpaired) electrons. The fraction of sp³-hybridized carbons (Fsp3) is 0.448. The monoisotopic (exact) mass is 551 g/mol. The highest BCUT2D eigenvalue weighted by Crippen LogP contribution is 2.31. The van der Waals surface area contributed by atoms with Gasteiger partial charge in [-0.2, -0.15) is 0 Å². The fourth-order valence-electron chi connectivity index (χ4n) is 5.07. The number of rotatable bonds is 10. The number of hydrogen-bond acceptors (Lipinski definition) is 7. The van der Waals surface area contributed by atoms with Crippen molar-refractivity contribution in [2.45, 2.75) is 65.0 Å². The number of ether oxygens (including phenoxy) is 3. The van der Waals surface area contributed by atoms with Gasteiger partial charge in [-0.15, -0.1) is 0 Å². The Labute approximate surface area is 231 Å². The molecule has 3 aromatic heterocycles. The summed E-state index contributed by atoms with van der Waals surface area (Å²) in [5, 5.41) is 0. The van der Waals surface area contributed by atoms with Gasteiger partial charge in [0, 0.05) is 25.7 Å². The molecule has 1 aliphatic heterocycles. The van der Waals surface area contributed by atoms with Gasteiger partial charge in [0.2, 0.25) is 5.88 Å². The highest BCUT2D eigenvalue weighted by Gasteiger charge is 2.26. The van der Waals surface area contributed by atoms with Crippen LogP contribution in [0.1, 0.15) is 51.1 Å². The Bertz CT molecular complexity index is 1590. The number of nitrogens with zero attached hydrogens (tertiary/aromatic N) is 5. The van der Waals surface area contributed by atoms with Crippen molar-refractivity contribution in [1.29, 1.82) is 0 Å². The van der Waals surface area contributed by atoms with Gasteiger partial charge in [0.25, 0.3) is 5.56 Å². The van der Waals surface area contributed by atoms with Crippen molar-refractivity contribution in [3.8, 4) is 17.3 Å². The Morgan fingerprint density at radius 3 is 2.65 bits per heavy atom. The van der Waals surface area contributed by atoms with E-state index in [0.29, 0.717) is 19.6 Å². The molecule has 10 nitrogen and oxygen atoms in total. The second-order valence-electron chi connectivity index (χ2n) is 10.1. The molecule has 1 atom stereocenters. The van der Waals surface area contributed by atoms with Crippen LogP contribution in [-0.2, 0) is 22.6 Å². The minimum Gasteiger partial charge on any atom is -0.480 e. The van der Waals surface area contributed by atoms with Crippen LogP contribution < -0.4 is 16.0 Å². The van der Waals surface area contributed by atoms with Gasteiger partial charge in [0.1, 0.15) is 11.6 Å². The van der Waals surface area contributed by atoms with Gasteiger partial charge in [-0.1, -0.05) is 30.3 Å². The van der Waals surface area contributed by atoms with Crippen molar-refractivity contribution in [3.63, 3.8) is 0 Å².